The molecule has 1 unspecified atom stereocenters. The maximum atomic E-state index is 12.3. The first-order valence-electron chi connectivity index (χ1n) is 6.44. The van der Waals surface area contributed by atoms with Crippen LogP contribution in [0.2, 0.25) is 0 Å². The Morgan fingerprint density at radius 2 is 2.32 bits per heavy atom. The number of anilines is 1. The van der Waals surface area contributed by atoms with Crippen LogP contribution in [-0.2, 0) is 4.74 Å². The molecule has 0 aromatic carbocycles. The number of amides is 1. The minimum atomic E-state index is -0.341. The van der Waals surface area contributed by atoms with Crippen LogP contribution in [-0.4, -0.2) is 34.6 Å². The summed E-state index contributed by atoms with van der Waals surface area (Å²) in [6.45, 7) is 7.07. The third-order valence-electron chi connectivity index (χ3n) is 3.20. The lowest BCUT2D eigenvalue weighted by molar-refractivity contribution is 0.0885. The molecule has 6 nitrogen and oxygen atoms in total. The number of carbonyl (C=O) groups excluding carboxylic acids is 1. The van der Waals surface area contributed by atoms with E-state index in [1.54, 1.807) is 0 Å². The second kappa shape index (κ2) is 5.13. The first kappa shape index (κ1) is 13.7. The minimum absolute atomic E-state index is 0.151. The van der Waals surface area contributed by atoms with E-state index in [1.807, 2.05) is 20.8 Å². The number of nitrogen functional groups attached to an aromatic ring is 1. The van der Waals surface area contributed by atoms with Crippen molar-refractivity contribution in [3.05, 3.63) is 17.7 Å². The second-order valence-electron chi connectivity index (χ2n) is 5.50. The average Bonchev–Trinajstić information content (AvgIpc) is 2.75. The smallest absolute Gasteiger partial charge is 0.272 e. The molecule has 0 aliphatic carbocycles. The SMILES string of the molecule is CC(C)c1ncc(N)c(C(=O)NC2(C)CCOC2)n1. The van der Waals surface area contributed by atoms with Gasteiger partial charge < -0.3 is 15.8 Å². The number of nitrogens with one attached hydrogen (secondary N) is 1. The summed E-state index contributed by atoms with van der Waals surface area (Å²) in [4.78, 5) is 20.6. The molecule has 1 aliphatic heterocycles. The highest BCUT2D eigenvalue weighted by Crippen LogP contribution is 2.19. The highest BCUT2D eigenvalue weighted by atomic mass is 16.5. The molecule has 19 heavy (non-hydrogen) atoms. The largest absolute Gasteiger partial charge is 0.396 e. The van der Waals surface area contributed by atoms with E-state index in [-0.39, 0.29) is 23.1 Å². The van der Waals surface area contributed by atoms with E-state index in [2.05, 4.69) is 15.3 Å². The quantitative estimate of drug-likeness (QED) is 0.853. The summed E-state index contributed by atoms with van der Waals surface area (Å²) in [5.74, 6) is 0.500. The van der Waals surface area contributed by atoms with Gasteiger partial charge in [0.25, 0.3) is 5.91 Å². The maximum absolute atomic E-state index is 12.3. The van der Waals surface area contributed by atoms with E-state index >= 15 is 0 Å². The molecule has 0 saturated carbocycles. The van der Waals surface area contributed by atoms with Gasteiger partial charge in [-0.05, 0) is 13.3 Å². The standard InChI is InChI=1S/C13H20N4O2/c1-8(2)11-15-6-9(14)10(16-11)12(18)17-13(3)4-5-19-7-13/h6,8H,4-5,7,14H2,1-3H3,(H,17,18). The van der Waals surface area contributed by atoms with Gasteiger partial charge in [0.2, 0.25) is 0 Å². The lowest BCUT2D eigenvalue weighted by atomic mass is 10.0. The van der Waals surface area contributed by atoms with Crippen molar-refractivity contribution in [2.24, 2.45) is 0 Å². The molecule has 1 saturated heterocycles. The van der Waals surface area contributed by atoms with Gasteiger partial charge in [0.15, 0.2) is 5.69 Å². The van der Waals surface area contributed by atoms with Gasteiger partial charge in [0.1, 0.15) is 5.82 Å². The predicted octanol–water partition coefficient (Wildman–Crippen LogP) is 1.09. The fourth-order valence-electron chi connectivity index (χ4n) is 1.96. The first-order valence-corrected chi connectivity index (χ1v) is 6.44. The van der Waals surface area contributed by atoms with Gasteiger partial charge in [-0.15, -0.1) is 0 Å². The molecule has 1 atom stereocenters. The highest BCUT2D eigenvalue weighted by molar-refractivity contribution is 5.97. The molecule has 3 N–H and O–H groups in total. The molecule has 0 radical (unpaired) electrons. The topological polar surface area (TPSA) is 90.1 Å². The van der Waals surface area contributed by atoms with Crippen LogP contribution in [0.4, 0.5) is 5.69 Å². The van der Waals surface area contributed by atoms with Crippen molar-refractivity contribution in [3.63, 3.8) is 0 Å². The van der Waals surface area contributed by atoms with Crippen LogP contribution in [0.3, 0.4) is 0 Å². The summed E-state index contributed by atoms with van der Waals surface area (Å²) < 4.78 is 5.31. The normalized spacial score (nSPS) is 22.7. The van der Waals surface area contributed by atoms with Crippen LogP contribution in [0.1, 0.15) is 49.4 Å². The lowest BCUT2D eigenvalue weighted by Crippen LogP contribution is -2.46. The van der Waals surface area contributed by atoms with Crippen LogP contribution in [0.15, 0.2) is 6.20 Å². The Hall–Kier alpha value is -1.69. The van der Waals surface area contributed by atoms with E-state index in [9.17, 15) is 4.79 Å². The zero-order chi connectivity index (χ0) is 14.0. The minimum Gasteiger partial charge on any atom is -0.396 e. The second-order valence-corrected chi connectivity index (χ2v) is 5.50. The summed E-state index contributed by atoms with van der Waals surface area (Å²) in [7, 11) is 0. The van der Waals surface area contributed by atoms with E-state index < -0.39 is 0 Å². The third-order valence-corrected chi connectivity index (χ3v) is 3.20. The lowest BCUT2D eigenvalue weighted by Gasteiger charge is -2.23. The molecule has 1 amide bonds. The van der Waals surface area contributed by atoms with Crippen molar-refractivity contribution in [3.8, 4) is 0 Å². The molecule has 1 aromatic heterocycles. The zero-order valence-corrected chi connectivity index (χ0v) is 11.6. The molecule has 1 aliphatic rings. The van der Waals surface area contributed by atoms with Gasteiger partial charge in [-0.25, -0.2) is 9.97 Å². The van der Waals surface area contributed by atoms with Gasteiger partial charge in [0, 0.05) is 12.5 Å². The summed E-state index contributed by atoms with van der Waals surface area (Å²) in [5, 5.41) is 2.94. The number of nitrogens with zero attached hydrogens (tertiary/aromatic N) is 2. The Morgan fingerprint density at radius 1 is 1.58 bits per heavy atom. The van der Waals surface area contributed by atoms with Crippen LogP contribution < -0.4 is 11.1 Å². The van der Waals surface area contributed by atoms with Crippen molar-refractivity contribution < 1.29 is 9.53 Å². The molecule has 104 valence electrons. The Bertz CT molecular complexity index is 482. The van der Waals surface area contributed by atoms with Crippen molar-refractivity contribution >= 4 is 11.6 Å². The van der Waals surface area contributed by atoms with Crippen molar-refractivity contribution in [1.82, 2.24) is 15.3 Å². The van der Waals surface area contributed by atoms with Gasteiger partial charge in [0.05, 0.1) is 24.0 Å². The summed E-state index contributed by atoms with van der Waals surface area (Å²) in [6, 6.07) is 0. The molecule has 2 heterocycles. The predicted molar refractivity (Wildman–Crippen MR) is 71.8 cm³/mol. The number of nitrogens with two attached hydrogens (primary N) is 1. The van der Waals surface area contributed by atoms with Crippen molar-refractivity contribution in [2.45, 2.75) is 38.6 Å². The Morgan fingerprint density at radius 3 is 2.89 bits per heavy atom. The highest BCUT2D eigenvalue weighted by Gasteiger charge is 2.32. The van der Waals surface area contributed by atoms with Crippen molar-refractivity contribution in [1.29, 1.82) is 0 Å². The van der Waals surface area contributed by atoms with Gasteiger partial charge in [-0.1, -0.05) is 13.8 Å². The van der Waals surface area contributed by atoms with Gasteiger partial charge >= 0.3 is 0 Å². The molecule has 1 fully saturated rings. The van der Waals surface area contributed by atoms with Crippen molar-refractivity contribution in [2.75, 3.05) is 18.9 Å². The number of ether oxygens (including phenoxy) is 1. The third kappa shape index (κ3) is 3.01. The van der Waals surface area contributed by atoms with Crippen LogP contribution in [0.25, 0.3) is 0 Å². The van der Waals surface area contributed by atoms with Gasteiger partial charge in [-0.2, -0.15) is 0 Å². The summed E-state index contributed by atoms with van der Waals surface area (Å²) in [6.07, 6.45) is 2.28. The first-order chi connectivity index (χ1) is 8.91. The number of hydrogen-bond acceptors (Lipinski definition) is 5. The van der Waals surface area contributed by atoms with Gasteiger partial charge in [-0.3, -0.25) is 4.79 Å². The van der Waals surface area contributed by atoms with E-state index in [0.717, 1.165) is 6.42 Å². The van der Waals surface area contributed by atoms with Crippen LogP contribution >= 0.6 is 0 Å². The Kier molecular flexibility index (Phi) is 3.71. The molecule has 6 heteroatoms. The monoisotopic (exact) mass is 264 g/mol. The Balaban J connectivity index is 2.20. The zero-order valence-electron chi connectivity index (χ0n) is 11.6. The molecule has 1 aromatic rings. The van der Waals surface area contributed by atoms with Crippen LogP contribution in [0.5, 0.6) is 0 Å². The van der Waals surface area contributed by atoms with E-state index in [0.29, 0.717) is 24.7 Å². The number of rotatable bonds is 3. The number of aromatic nitrogens is 2. The van der Waals surface area contributed by atoms with Crippen LogP contribution in [0, 0.1) is 0 Å². The maximum Gasteiger partial charge on any atom is 0.272 e. The number of carbonyl (C=O) groups is 1. The van der Waals surface area contributed by atoms with E-state index in [4.69, 9.17) is 10.5 Å². The van der Waals surface area contributed by atoms with E-state index in [1.165, 1.54) is 6.20 Å². The average molecular weight is 264 g/mol. The Labute approximate surface area is 112 Å². The number of hydrogen-bond donors (Lipinski definition) is 2. The molecular formula is C13H20N4O2. The molecule has 0 bridgehead atoms. The fourth-order valence-corrected chi connectivity index (χ4v) is 1.96. The summed E-state index contributed by atoms with van der Waals surface area (Å²) in [5.41, 5.74) is 5.99. The molecule has 2 rings (SSSR count). The fraction of sp³-hybridized carbons (Fsp3) is 0.615. The summed E-state index contributed by atoms with van der Waals surface area (Å²) >= 11 is 0. The molecular weight excluding hydrogens is 244 g/mol. The molecule has 0 spiro atoms.